The Morgan fingerprint density at radius 2 is 2.00 bits per heavy atom. The van der Waals surface area contributed by atoms with E-state index >= 15 is 0 Å². The summed E-state index contributed by atoms with van der Waals surface area (Å²) in [6.07, 6.45) is 0. The van der Waals surface area contributed by atoms with Crippen molar-refractivity contribution in [3.05, 3.63) is 0 Å². The van der Waals surface area contributed by atoms with E-state index in [1.165, 1.54) is 22.7 Å². The lowest BCUT2D eigenvalue weighted by atomic mass is 10.0. The molecule has 1 aliphatic heterocycles. The summed E-state index contributed by atoms with van der Waals surface area (Å²) >= 11 is 0. The molecule has 0 aromatic carbocycles. The maximum absolute atomic E-state index is 11.4. The monoisotopic (exact) mass is 193 g/mol. The number of nitrogens with two attached hydrogens (primary N) is 1. The highest BCUT2D eigenvalue weighted by atomic mass is 32.2. The quantitative estimate of drug-likeness (QED) is 0.605. The van der Waals surface area contributed by atoms with Crippen LogP contribution >= 0.6 is 0 Å². The first-order valence-electron chi connectivity index (χ1n) is 3.86. The van der Waals surface area contributed by atoms with E-state index in [0.29, 0.717) is 25.6 Å². The summed E-state index contributed by atoms with van der Waals surface area (Å²) in [4.78, 5) is 0. The molecule has 0 atom stereocenters. The second kappa shape index (κ2) is 3.29. The van der Waals surface area contributed by atoms with Crippen molar-refractivity contribution in [2.75, 3.05) is 33.7 Å². The molecule has 1 heterocycles. The zero-order valence-electron chi connectivity index (χ0n) is 7.40. The topological polar surface area (TPSA) is 66.6 Å². The average Bonchev–Trinajstić information content (AvgIpc) is 1.84. The highest BCUT2D eigenvalue weighted by molar-refractivity contribution is 7.86. The molecule has 1 rings (SSSR count). The van der Waals surface area contributed by atoms with Crippen LogP contribution in [0.2, 0.25) is 0 Å². The zero-order valence-corrected chi connectivity index (χ0v) is 8.21. The van der Waals surface area contributed by atoms with E-state index < -0.39 is 10.2 Å². The summed E-state index contributed by atoms with van der Waals surface area (Å²) in [6.45, 7) is 1.70. The molecular weight excluding hydrogens is 178 g/mol. The molecule has 0 amide bonds. The van der Waals surface area contributed by atoms with Gasteiger partial charge < -0.3 is 5.73 Å². The van der Waals surface area contributed by atoms with Crippen LogP contribution in [0.5, 0.6) is 0 Å². The van der Waals surface area contributed by atoms with Crippen LogP contribution in [0.1, 0.15) is 0 Å². The molecule has 5 nitrogen and oxygen atoms in total. The van der Waals surface area contributed by atoms with E-state index in [9.17, 15) is 8.42 Å². The molecule has 1 aliphatic rings. The first-order valence-corrected chi connectivity index (χ1v) is 5.26. The van der Waals surface area contributed by atoms with Gasteiger partial charge in [0.05, 0.1) is 0 Å². The molecule has 72 valence electrons. The molecule has 0 spiro atoms. The number of hydrogen-bond donors (Lipinski definition) is 1. The van der Waals surface area contributed by atoms with E-state index in [2.05, 4.69) is 0 Å². The summed E-state index contributed by atoms with van der Waals surface area (Å²) in [6, 6.07) is 0. The van der Waals surface area contributed by atoms with Crippen molar-refractivity contribution >= 4 is 10.2 Å². The van der Waals surface area contributed by atoms with Gasteiger partial charge >= 0.3 is 0 Å². The molecule has 0 bridgehead atoms. The molecule has 1 fully saturated rings. The second-order valence-electron chi connectivity index (χ2n) is 3.21. The highest BCUT2D eigenvalue weighted by Crippen LogP contribution is 2.19. The molecule has 12 heavy (non-hydrogen) atoms. The lowest BCUT2D eigenvalue weighted by molar-refractivity contribution is 0.197. The Morgan fingerprint density at radius 3 is 2.33 bits per heavy atom. The minimum atomic E-state index is -3.17. The summed E-state index contributed by atoms with van der Waals surface area (Å²) in [5.74, 6) is 0.347. The third-order valence-corrected chi connectivity index (χ3v) is 3.92. The smallest absolute Gasteiger partial charge is 0.281 e. The van der Waals surface area contributed by atoms with Gasteiger partial charge in [0.2, 0.25) is 0 Å². The van der Waals surface area contributed by atoms with Crippen LogP contribution in [0.25, 0.3) is 0 Å². The van der Waals surface area contributed by atoms with Crippen molar-refractivity contribution in [2.45, 2.75) is 0 Å². The standard InChI is InChI=1S/C6H15N3O2S/c1-8(2)12(10,11)9-4-6(3-7)5-9/h6H,3-5,7H2,1-2H3. The predicted molar refractivity (Wildman–Crippen MR) is 46.7 cm³/mol. The van der Waals surface area contributed by atoms with Crippen LogP contribution in [-0.4, -0.2) is 50.8 Å². The number of nitrogens with zero attached hydrogens (tertiary/aromatic N) is 2. The minimum absolute atomic E-state index is 0.347. The Bertz CT molecular complexity index is 244. The van der Waals surface area contributed by atoms with E-state index in [-0.39, 0.29) is 0 Å². The first-order chi connectivity index (χ1) is 5.48. The van der Waals surface area contributed by atoms with Gasteiger partial charge in [-0.1, -0.05) is 0 Å². The lowest BCUT2D eigenvalue weighted by Gasteiger charge is -2.38. The van der Waals surface area contributed by atoms with Gasteiger partial charge in [-0.05, 0) is 12.5 Å². The van der Waals surface area contributed by atoms with Crippen LogP contribution in [0, 0.1) is 5.92 Å². The number of hydrogen-bond acceptors (Lipinski definition) is 3. The molecule has 0 radical (unpaired) electrons. The van der Waals surface area contributed by atoms with Gasteiger partial charge in [0, 0.05) is 27.2 Å². The fourth-order valence-electron chi connectivity index (χ4n) is 1.09. The predicted octanol–water partition coefficient (Wildman–Crippen LogP) is -1.32. The second-order valence-corrected chi connectivity index (χ2v) is 5.35. The first kappa shape index (κ1) is 9.91. The van der Waals surface area contributed by atoms with Crippen molar-refractivity contribution in [1.29, 1.82) is 0 Å². The van der Waals surface area contributed by atoms with E-state index in [0.717, 1.165) is 0 Å². The van der Waals surface area contributed by atoms with Crippen molar-refractivity contribution in [3.63, 3.8) is 0 Å². The van der Waals surface area contributed by atoms with Gasteiger partial charge in [0.15, 0.2) is 0 Å². The molecule has 6 heteroatoms. The molecule has 0 aromatic rings. The fourth-order valence-corrected chi connectivity index (χ4v) is 2.35. The Morgan fingerprint density at radius 1 is 1.50 bits per heavy atom. The SMILES string of the molecule is CN(C)S(=O)(=O)N1CC(CN)C1. The fraction of sp³-hybridized carbons (Fsp3) is 1.00. The van der Waals surface area contributed by atoms with Crippen molar-refractivity contribution in [3.8, 4) is 0 Å². The van der Waals surface area contributed by atoms with Gasteiger partial charge in [0.1, 0.15) is 0 Å². The summed E-state index contributed by atoms with van der Waals surface area (Å²) in [7, 11) is -0.106. The molecule has 1 saturated heterocycles. The van der Waals surface area contributed by atoms with Gasteiger partial charge in [-0.15, -0.1) is 0 Å². The minimum Gasteiger partial charge on any atom is -0.330 e. The van der Waals surface area contributed by atoms with E-state index in [1.54, 1.807) is 0 Å². The Balaban J connectivity index is 2.53. The maximum atomic E-state index is 11.4. The Kier molecular flexibility index (Phi) is 2.72. The third-order valence-electron chi connectivity index (χ3n) is 2.04. The molecule has 0 aliphatic carbocycles. The summed E-state index contributed by atoms with van der Waals surface area (Å²) < 4.78 is 25.4. The van der Waals surface area contributed by atoms with Crippen molar-refractivity contribution in [1.82, 2.24) is 8.61 Å². The molecule has 0 unspecified atom stereocenters. The highest BCUT2D eigenvalue weighted by Gasteiger charge is 2.35. The average molecular weight is 193 g/mol. The number of rotatable bonds is 3. The van der Waals surface area contributed by atoms with Crippen LogP contribution in [0.15, 0.2) is 0 Å². The van der Waals surface area contributed by atoms with Gasteiger partial charge in [-0.2, -0.15) is 17.0 Å². The van der Waals surface area contributed by atoms with Crippen molar-refractivity contribution < 1.29 is 8.42 Å². The van der Waals surface area contributed by atoms with E-state index in [4.69, 9.17) is 5.73 Å². The lowest BCUT2D eigenvalue weighted by Crippen LogP contribution is -2.55. The van der Waals surface area contributed by atoms with Crippen LogP contribution < -0.4 is 5.73 Å². The molecule has 0 aromatic heterocycles. The Hall–Kier alpha value is -0.170. The largest absolute Gasteiger partial charge is 0.330 e. The van der Waals surface area contributed by atoms with Crippen molar-refractivity contribution in [2.24, 2.45) is 11.7 Å². The third kappa shape index (κ3) is 1.61. The van der Waals surface area contributed by atoms with Gasteiger partial charge in [-0.25, -0.2) is 0 Å². The molecule has 0 saturated carbocycles. The molecular formula is C6H15N3O2S. The zero-order chi connectivity index (χ0) is 9.35. The van der Waals surface area contributed by atoms with Crippen LogP contribution in [0.3, 0.4) is 0 Å². The molecule has 2 N–H and O–H groups in total. The van der Waals surface area contributed by atoms with E-state index in [1.807, 2.05) is 0 Å². The van der Waals surface area contributed by atoms with Gasteiger partial charge in [-0.3, -0.25) is 0 Å². The summed E-state index contributed by atoms with van der Waals surface area (Å²) in [5.41, 5.74) is 5.38. The summed E-state index contributed by atoms with van der Waals surface area (Å²) in [5, 5.41) is 0. The van der Waals surface area contributed by atoms with Gasteiger partial charge in [0.25, 0.3) is 10.2 Å². The van der Waals surface area contributed by atoms with Crippen LogP contribution in [-0.2, 0) is 10.2 Å². The maximum Gasteiger partial charge on any atom is 0.281 e. The van der Waals surface area contributed by atoms with Crippen LogP contribution in [0.4, 0.5) is 0 Å². The normalized spacial score (nSPS) is 21.3. The Labute approximate surface area is 73.3 Å².